The van der Waals surface area contributed by atoms with Crippen molar-refractivity contribution in [3.63, 3.8) is 0 Å². The molecule has 6 heteroatoms. The number of rotatable bonds is 6. The third kappa shape index (κ3) is 4.03. The summed E-state index contributed by atoms with van der Waals surface area (Å²) in [5.74, 6) is 1.44. The Balaban J connectivity index is 2.15. The van der Waals surface area contributed by atoms with E-state index < -0.39 is 10.0 Å². The Kier molecular flexibility index (Phi) is 5.28. The van der Waals surface area contributed by atoms with Crippen LogP contribution in [-0.4, -0.2) is 22.6 Å². The highest BCUT2D eigenvalue weighted by Crippen LogP contribution is 2.22. The molecule has 2 aromatic carbocycles. The lowest BCUT2D eigenvalue weighted by Crippen LogP contribution is -2.23. The summed E-state index contributed by atoms with van der Waals surface area (Å²) in [4.78, 5) is 0.223. The number of nitrogens with one attached hydrogen (secondary N) is 1. The van der Waals surface area contributed by atoms with Crippen molar-refractivity contribution in [1.29, 1.82) is 0 Å². The number of sulfonamides is 1. The Morgan fingerprint density at radius 3 is 2.00 bits per heavy atom. The summed E-state index contributed by atoms with van der Waals surface area (Å²) in [6.45, 7) is 3.95. The zero-order valence-corrected chi connectivity index (χ0v) is 14.5. The van der Waals surface area contributed by atoms with Gasteiger partial charge in [0.05, 0.1) is 19.1 Å². The molecule has 0 saturated heterocycles. The normalized spacial score (nSPS) is 11.3. The first-order valence-electron chi connectivity index (χ1n) is 7.15. The maximum absolute atomic E-state index is 12.4. The van der Waals surface area contributed by atoms with Crippen molar-refractivity contribution >= 4 is 10.0 Å². The average molecular weight is 335 g/mol. The number of methoxy groups -OCH3 is 2. The zero-order chi connectivity index (χ0) is 17.0. The van der Waals surface area contributed by atoms with E-state index in [2.05, 4.69) is 4.72 Å². The van der Waals surface area contributed by atoms with Crippen LogP contribution in [0.1, 0.15) is 16.7 Å². The molecule has 0 aliphatic carbocycles. The Morgan fingerprint density at radius 1 is 0.913 bits per heavy atom. The monoisotopic (exact) mass is 335 g/mol. The highest BCUT2D eigenvalue weighted by atomic mass is 32.2. The van der Waals surface area contributed by atoms with Gasteiger partial charge in [-0.15, -0.1) is 0 Å². The fraction of sp³-hybridized carbons (Fsp3) is 0.294. The molecule has 1 N–H and O–H groups in total. The van der Waals surface area contributed by atoms with Gasteiger partial charge < -0.3 is 9.47 Å². The van der Waals surface area contributed by atoms with E-state index in [1.165, 1.54) is 6.07 Å². The van der Waals surface area contributed by atoms with Crippen LogP contribution < -0.4 is 14.2 Å². The first-order chi connectivity index (χ1) is 10.9. The molecule has 124 valence electrons. The molecule has 0 radical (unpaired) electrons. The lowest BCUT2D eigenvalue weighted by atomic mass is 10.1. The van der Waals surface area contributed by atoms with Gasteiger partial charge >= 0.3 is 0 Å². The van der Waals surface area contributed by atoms with Crippen molar-refractivity contribution in [3.05, 3.63) is 53.1 Å². The van der Waals surface area contributed by atoms with E-state index >= 15 is 0 Å². The number of benzene rings is 2. The molecule has 0 bridgehead atoms. The minimum absolute atomic E-state index is 0.220. The molecule has 0 aliphatic rings. The zero-order valence-electron chi connectivity index (χ0n) is 13.7. The van der Waals surface area contributed by atoms with Gasteiger partial charge in [0.2, 0.25) is 10.0 Å². The molecule has 5 nitrogen and oxygen atoms in total. The molecule has 2 aromatic rings. The number of hydrogen-bond acceptors (Lipinski definition) is 4. The third-order valence-corrected chi connectivity index (χ3v) is 5.00. The molecule has 2 rings (SSSR count). The quantitative estimate of drug-likeness (QED) is 0.882. The topological polar surface area (TPSA) is 64.6 Å². The molecular weight excluding hydrogens is 314 g/mol. The van der Waals surface area contributed by atoms with Crippen LogP contribution in [0.15, 0.2) is 41.3 Å². The van der Waals surface area contributed by atoms with E-state index in [-0.39, 0.29) is 11.4 Å². The van der Waals surface area contributed by atoms with Crippen molar-refractivity contribution in [3.8, 4) is 11.5 Å². The minimum Gasteiger partial charge on any atom is -0.496 e. The second kappa shape index (κ2) is 7.02. The van der Waals surface area contributed by atoms with Crippen molar-refractivity contribution < 1.29 is 17.9 Å². The first kappa shape index (κ1) is 17.3. The molecular formula is C17H21NO4S. The smallest absolute Gasteiger partial charge is 0.240 e. The Hall–Kier alpha value is -2.05. The van der Waals surface area contributed by atoms with Crippen molar-refractivity contribution in [1.82, 2.24) is 4.72 Å². The van der Waals surface area contributed by atoms with E-state index in [4.69, 9.17) is 9.47 Å². The molecule has 0 heterocycles. The second-order valence-electron chi connectivity index (χ2n) is 5.26. The first-order valence-corrected chi connectivity index (χ1v) is 8.63. The van der Waals surface area contributed by atoms with Crippen LogP contribution in [0, 0.1) is 13.8 Å². The largest absolute Gasteiger partial charge is 0.496 e. The van der Waals surface area contributed by atoms with Crippen molar-refractivity contribution in [2.24, 2.45) is 0 Å². The SMILES string of the molecule is COc1ccc(CNS(=O)(=O)c2ccc(OC)c(C)c2)cc1C. The molecule has 0 aliphatic heterocycles. The fourth-order valence-corrected chi connectivity index (χ4v) is 3.43. The van der Waals surface area contributed by atoms with Crippen LogP contribution in [0.2, 0.25) is 0 Å². The predicted octanol–water partition coefficient (Wildman–Crippen LogP) is 2.80. The molecule has 0 unspecified atom stereocenters. The molecule has 0 fully saturated rings. The van der Waals surface area contributed by atoms with Crippen LogP contribution in [-0.2, 0) is 16.6 Å². The summed E-state index contributed by atoms with van der Waals surface area (Å²) < 4.78 is 37.7. The van der Waals surface area contributed by atoms with E-state index in [0.717, 1.165) is 22.4 Å². The molecule has 0 spiro atoms. The number of hydrogen-bond donors (Lipinski definition) is 1. The average Bonchev–Trinajstić information content (AvgIpc) is 2.53. The summed E-state index contributed by atoms with van der Waals surface area (Å²) in [7, 11) is -0.407. The van der Waals surface area contributed by atoms with E-state index in [1.54, 1.807) is 26.4 Å². The third-order valence-electron chi connectivity index (χ3n) is 3.60. The van der Waals surface area contributed by atoms with E-state index in [9.17, 15) is 8.42 Å². The van der Waals surface area contributed by atoms with Crippen LogP contribution in [0.4, 0.5) is 0 Å². The van der Waals surface area contributed by atoms with Gasteiger partial charge in [-0.25, -0.2) is 13.1 Å². The molecule has 23 heavy (non-hydrogen) atoms. The summed E-state index contributed by atoms with van der Waals surface area (Å²) in [5.41, 5.74) is 2.61. The van der Waals surface area contributed by atoms with Gasteiger partial charge in [0.1, 0.15) is 11.5 Å². The van der Waals surface area contributed by atoms with Crippen molar-refractivity contribution in [2.75, 3.05) is 14.2 Å². The lowest BCUT2D eigenvalue weighted by Gasteiger charge is -2.11. The maximum Gasteiger partial charge on any atom is 0.240 e. The van der Waals surface area contributed by atoms with Gasteiger partial charge in [-0.2, -0.15) is 0 Å². The van der Waals surface area contributed by atoms with Crippen LogP contribution in [0.25, 0.3) is 0 Å². The predicted molar refractivity (Wildman–Crippen MR) is 89.5 cm³/mol. The molecule has 0 amide bonds. The van der Waals surface area contributed by atoms with Gasteiger partial charge in [0.25, 0.3) is 0 Å². The summed E-state index contributed by atoms with van der Waals surface area (Å²) in [5, 5.41) is 0. The van der Waals surface area contributed by atoms with Gasteiger partial charge in [0, 0.05) is 6.54 Å². The Bertz CT molecular complexity index is 800. The fourth-order valence-electron chi connectivity index (χ4n) is 2.33. The summed E-state index contributed by atoms with van der Waals surface area (Å²) in [6.07, 6.45) is 0. The highest BCUT2D eigenvalue weighted by molar-refractivity contribution is 7.89. The van der Waals surface area contributed by atoms with Gasteiger partial charge in [-0.05, 0) is 54.8 Å². The van der Waals surface area contributed by atoms with Gasteiger partial charge in [0.15, 0.2) is 0 Å². The minimum atomic E-state index is -3.57. The van der Waals surface area contributed by atoms with Crippen LogP contribution in [0.5, 0.6) is 11.5 Å². The Morgan fingerprint density at radius 2 is 1.48 bits per heavy atom. The highest BCUT2D eigenvalue weighted by Gasteiger charge is 2.15. The van der Waals surface area contributed by atoms with E-state index in [1.807, 2.05) is 32.0 Å². The maximum atomic E-state index is 12.4. The van der Waals surface area contributed by atoms with Crippen LogP contribution >= 0.6 is 0 Å². The lowest BCUT2D eigenvalue weighted by molar-refractivity contribution is 0.411. The molecule has 0 atom stereocenters. The second-order valence-corrected chi connectivity index (χ2v) is 7.03. The van der Waals surface area contributed by atoms with Crippen LogP contribution in [0.3, 0.4) is 0 Å². The summed E-state index contributed by atoms with van der Waals surface area (Å²) in [6, 6.07) is 10.4. The van der Waals surface area contributed by atoms with Crippen molar-refractivity contribution in [2.45, 2.75) is 25.3 Å². The van der Waals surface area contributed by atoms with E-state index in [0.29, 0.717) is 5.75 Å². The molecule has 0 aromatic heterocycles. The summed E-state index contributed by atoms with van der Waals surface area (Å²) >= 11 is 0. The standard InChI is InChI=1S/C17H21NO4S/c1-12-9-14(5-7-16(12)21-3)11-18-23(19,20)15-6-8-17(22-4)13(2)10-15/h5-10,18H,11H2,1-4H3. The molecule has 0 saturated carbocycles. The Labute approximate surface area is 137 Å². The van der Waals surface area contributed by atoms with Gasteiger partial charge in [-0.1, -0.05) is 12.1 Å². The number of ether oxygens (including phenoxy) is 2. The van der Waals surface area contributed by atoms with Gasteiger partial charge in [-0.3, -0.25) is 0 Å². The number of aryl methyl sites for hydroxylation is 2.